The molecule has 1 heterocycles. The largest absolute Gasteiger partial charge is 0.322 e. The molecule has 1 aromatic carbocycles. The number of hydrogen-bond donors (Lipinski definition) is 2. The second-order valence-electron chi connectivity index (χ2n) is 4.53. The zero-order chi connectivity index (χ0) is 12.1. The van der Waals surface area contributed by atoms with E-state index in [0.29, 0.717) is 0 Å². The summed E-state index contributed by atoms with van der Waals surface area (Å²) in [6, 6.07) is 7.48. The molecule has 0 spiro atoms. The number of benzene rings is 1. The number of nitrogens with zero attached hydrogens (tertiary/aromatic N) is 1. The van der Waals surface area contributed by atoms with E-state index in [2.05, 4.69) is 10.2 Å². The van der Waals surface area contributed by atoms with Crippen LogP contribution in [0.25, 0.3) is 0 Å². The number of nitrogens with two attached hydrogens (primary N) is 1. The molecule has 2 rings (SSSR count). The Kier molecular flexibility index (Phi) is 4.48. The van der Waals surface area contributed by atoms with Crippen LogP contribution in [0.4, 0.5) is 4.39 Å². The van der Waals surface area contributed by atoms with Crippen LogP contribution in [0.5, 0.6) is 0 Å². The molecule has 1 fully saturated rings. The van der Waals surface area contributed by atoms with Crippen molar-refractivity contribution in [1.29, 1.82) is 0 Å². The normalized spacial score (nSPS) is 19.2. The van der Waals surface area contributed by atoms with Gasteiger partial charge in [0.25, 0.3) is 0 Å². The highest BCUT2D eigenvalue weighted by Gasteiger charge is 2.10. The van der Waals surface area contributed by atoms with E-state index in [1.165, 1.54) is 5.56 Å². The lowest BCUT2D eigenvalue weighted by molar-refractivity contribution is 0.233. The third kappa shape index (κ3) is 3.49. The van der Waals surface area contributed by atoms with E-state index in [1.54, 1.807) is 0 Å². The summed E-state index contributed by atoms with van der Waals surface area (Å²) in [4.78, 5) is 2.42. The van der Waals surface area contributed by atoms with Crippen molar-refractivity contribution >= 4 is 0 Å². The van der Waals surface area contributed by atoms with Crippen molar-refractivity contribution in [2.45, 2.75) is 12.6 Å². The number of piperazine rings is 1. The molecule has 0 aliphatic carbocycles. The Balaban J connectivity index is 1.93. The van der Waals surface area contributed by atoms with Gasteiger partial charge < -0.3 is 11.1 Å². The Labute approximate surface area is 102 Å². The maximum Gasteiger partial charge on any atom is 0.109 e. The molecule has 0 saturated carbocycles. The van der Waals surface area contributed by atoms with E-state index < -0.39 is 12.7 Å². The third-order valence-corrected chi connectivity index (χ3v) is 3.19. The molecule has 0 aromatic heterocycles. The van der Waals surface area contributed by atoms with Crippen molar-refractivity contribution in [1.82, 2.24) is 10.2 Å². The fourth-order valence-corrected chi connectivity index (χ4v) is 2.09. The molecule has 17 heavy (non-hydrogen) atoms. The van der Waals surface area contributed by atoms with Crippen LogP contribution in [0, 0.1) is 0 Å². The van der Waals surface area contributed by atoms with Crippen LogP contribution in [-0.2, 0) is 6.54 Å². The average Bonchev–Trinajstić information content (AvgIpc) is 2.40. The van der Waals surface area contributed by atoms with Crippen LogP contribution in [-0.4, -0.2) is 37.8 Å². The van der Waals surface area contributed by atoms with E-state index in [-0.39, 0.29) is 0 Å². The summed E-state index contributed by atoms with van der Waals surface area (Å²) < 4.78 is 12.4. The molecule has 1 saturated heterocycles. The monoisotopic (exact) mass is 237 g/mol. The van der Waals surface area contributed by atoms with E-state index in [9.17, 15) is 4.39 Å². The number of rotatable bonds is 4. The van der Waals surface area contributed by atoms with Crippen molar-refractivity contribution in [3.05, 3.63) is 35.4 Å². The van der Waals surface area contributed by atoms with Gasteiger partial charge >= 0.3 is 0 Å². The number of alkyl halides is 1. The highest BCUT2D eigenvalue weighted by molar-refractivity contribution is 5.24. The summed E-state index contributed by atoms with van der Waals surface area (Å²) >= 11 is 0. The van der Waals surface area contributed by atoms with Crippen LogP contribution < -0.4 is 11.1 Å². The van der Waals surface area contributed by atoms with Crippen LogP contribution in [0.3, 0.4) is 0 Å². The van der Waals surface area contributed by atoms with Gasteiger partial charge in [0.1, 0.15) is 6.67 Å². The summed E-state index contributed by atoms with van der Waals surface area (Å²) in [5.41, 5.74) is 7.77. The molecule has 0 radical (unpaired) electrons. The SMILES string of the molecule is NC(CF)c1ccc(CN2CCNCC2)cc1. The quantitative estimate of drug-likeness (QED) is 0.823. The zero-order valence-electron chi connectivity index (χ0n) is 10.0. The zero-order valence-corrected chi connectivity index (χ0v) is 10.0. The molecule has 1 atom stereocenters. The predicted octanol–water partition coefficient (Wildman–Crippen LogP) is 1.06. The minimum Gasteiger partial charge on any atom is -0.322 e. The summed E-state index contributed by atoms with van der Waals surface area (Å²) in [5, 5.41) is 3.33. The average molecular weight is 237 g/mol. The van der Waals surface area contributed by atoms with Gasteiger partial charge in [0.2, 0.25) is 0 Å². The standard InChI is InChI=1S/C13H20FN3/c14-9-13(15)12-3-1-11(2-4-12)10-17-7-5-16-6-8-17/h1-4,13,16H,5-10,15H2. The fraction of sp³-hybridized carbons (Fsp3) is 0.538. The Morgan fingerprint density at radius 3 is 2.47 bits per heavy atom. The number of hydrogen-bond acceptors (Lipinski definition) is 3. The van der Waals surface area contributed by atoms with Gasteiger partial charge in [-0.05, 0) is 11.1 Å². The van der Waals surface area contributed by atoms with Crippen molar-refractivity contribution in [2.24, 2.45) is 5.73 Å². The molecular weight excluding hydrogens is 217 g/mol. The molecule has 1 aliphatic heterocycles. The Hall–Kier alpha value is -0.970. The smallest absolute Gasteiger partial charge is 0.109 e. The second kappa shape index (κ2) is 6.10. The molecule has 3 nitrogen and oxygen atoms in total. The fourth-order valence-electron chi connectivity index (χ4n) is 2.09. The van der Waals surface area contributed by atoms with Crippen molar-refractivity contribution in [3.63, 3.8) is 0 Å². The minimum atomic E-state index is -0.503. The highest BCUT2D eigenvalue weighted by atomic mass is 19.1. The lowest BCUT2D eigenvalue weighted by Gasteiger charge is -2.27. The molecule has 3 N–H and O–H groups in total. The summed E-state index contributed by atoms with van der Waals surface area (Å²) in [7, 11) is 0. The van der Waals surface area contributed by atoms with Crippen LogP contribution in [0.15, 0.2) is 24.3 Å². The lowest BCUT2D eigenvalue weighted by Crippen LogP contribution is -2.42. The maximum absolute atomic E-state index is 12.4. The second-order valence-corrected chi connectivity index (χ2v) is 4.53. The highest BCUT2D eigenvalue weighted by Crippen LogP contribution is 2.13. The first-order valence-electron chi connectivity index (χ1n) is 6.13. The molecular formula is C13H20FN3. The van der Waals surface area contributed by atoms with Crippen LogP contribution in [0.2, 0.25) is 0 Å². The maximum atomic E-state index is 12.4. The van der Waals surface area contributed by atoms with Gasteiger partial charge in [0, 0.05) is 32.7 Å². The van der Waals surface area contributed by atoms with Gasteiger partial charge in [-0.15, -0.1) is 0 Å². The van der Waals surface area contributed by atoms with Gasteiger partial charge in [-0.25, -0.2) is 4.39 Å². The Morgan fingerprint density at radius 2 is 1.88 bits per heavy atom. The summed E-state index contributed by atoms with van der Waals surface area (Å²) in [6.45, 7) is 4.76. The minimum absolute atomic E-state index is 0.483. The van der Waals surface area contributed by atoms with Gasteiger partial charge in [-0.1, -0.05) is 24.3 Å². The lowest BCUT2D eigenvalue weighted by atomic mass is 10.1. The van der Waals surface area contributed by atoms with E-state index >= 15 is 0 Å². The predicted molar refractivity (Wildman–Crippen MR) is 67.5 cm³/mol. The van der Waals surface area contributed by atoms with Gasteiger partial charge in [0.05, 0.1) is 6.04 Å². The first kappa shape index (κ1) is 12.5. The number of nitrogens with one attached hydrogen (secondary N) is 1. The molecule has 1 aliphatic rings. The number of halogens is 1. The Morgan fingerprint density at radius 1 is 1.24 bits per heavy atom. The van der Waals surface area contributed by atoms with Crippen molar-refractivity contribution < 1.29 is 4.39 Å². The van der Waals surface area contributed by atoms with E-state index in [4.69, 9.17) is 5.73 Å². The first-order valence-corrected chi connectivity index (χ1v) is 6.13. The topological polar surface area (TPSA) is 41.3 Å². The summed E-state index contributed by atoms with van der Waals surface area (Å²) in [6.07, 6.45) is 0. The molecule has 0 bridgehead atoms. The van der Waals surface area contributed by atoms with Crippen molar-refractivity contribution in [3.8, 4) is 0 Å². The molecule has 1 unspecified atom stereocenters. The van der Waals surface area contributed by atoms with Gasteiger partial charge in [-0.3, -0.25) is 4.90 Å². The van der Waals surface area contributed by atoms with Crippen molar-refractivity contribution in [2.75, 3.05) is 32.9 Å². The molecule has 4 heteroatoms. The van der Waals surface area contributed by atoms with Crippen LogP contribution in [0.1, 0.15) is 17.2 Å². The van der Waals surface area contributed by atoms with Crippen LogP contribution >= 0.6 is 0 Å². The molecule has 0 amide bonds. The summed E-state index contributed by atoms with van der Waals surface area (Å²) in [5.74, 6) is 0. The van der Waals surface area contributed by atoms with E-state index in [0.717, 1.165) is 38.3 Å². The third-order valence-electron chi connectivity index (χ3n) is 3.19. The van der Waals surface area contributed by atoms with E-state index in [1.807, 2.05) is 24.3 Å². The molecule has 94 valence electrons. The first-order chi connectivity index (χ1) is 8.29. The Bertz CT molecular complexity index is 333. The van der Waals surface area contributed by atoms with Gasteiger partial charge in [0.15, 0.2) is 0 Å². The van der Waals surface area contributed by atoms with Gasteiger partial charge in [-0.2, -0.15) is 0 Å². The molecule has 1 aromatic rings.